The predicted molar refractivity (Wildman–Crippen MR) is 75.8 cm³/mol. The van der Waals surface area contributed by atoms with Crippen molar-refractivity contribution in [2.24, 2.45) is 5.41 Å². The van der Waals surface area contributed by atoms with Crippen molar-refractivity contribution in [3.8, 4) is 11.5 Å². The number of rotatable bonds is 7. The highest BCUT2D eigenvalue weighted by atomic mass is 35.5. The highest BCUT2D eigenvalue weighted by Crippen LogP contribution is 2.27. The van der Waals surface area contributed by atoms with Crippen LogP contribution in [0.2, 0.25) is 0 Å². The summed E-state index contributed by atoms with van der Waals surface area (Å²) < 4.78 is 10.5. The van der Waals surface area contributed by atoms with Gasteiger partial charge < -0.3 is 14.8 Å². The van der Waals surface area contributed by atoms with E-state index in [4.69, 9.17) is 21.1 Å². The molecular weight excluding hydrogens is 250 g/mol. The van der Waals surface area contributed by atoms with Crippen molar-refractivity contribution < 1.29 is 9.47 Å². The summed E-state index contributed by atoms with van der Waals surface area (Å²) in [7, 11) is 3.28. The van der Waals surface area contributed by atoms with E-state index >= 15 is 0 Å². The van der Waals surface area contributed by atoms with Crippen LogP contribution in [0.1, 0.15) is 19.4 Å². The van der Waals surface area contributed by atoms with Crippen LogP contribution in [0.15, 0.2) is 18.2 Å². The minimum Gasteiger partial charge on any atom is -0.493 e. The first-order chi connectivity index (χ1) is 8.52. The minimum absolute atomic E-state index is 0.109. The van der Waals surface area contributed by atoms with Gasteiger partial charge in [0.25, 0.3) is 0 Å². The van der Waals surface area contributed by atoms with Crippen LogP contribution in [0, 0.1) is 5.41 Å². The van der Waals surface area contributed by atoms with Gasteiger partial charge in [-0.15, -0.1) is 11.6 Å². The first-order valence-corrected chi connectivity index (χ1v) is 6.53. The van der Waals surface area contributed by atoms with Crippen molar-refractivity contribution >= 4 is 11.6 Å². The minimum atomic E-state index is 0.109. The van der Waals surface area contributed by atoms with Gasteiger partial charge in [0.05, 0.1) is 14.2 Å². The lowest BCUT2D eigenvalue weighted by Crippen LogP contribution is -2.30. The lowest BCUT2D eigenvalue weighted by molar-refractivity contribution is 0.353. The van der Waals surface area contributed by atoms with Crippen LogP contribution in [-0.2, 0) is 6.54 Å². The Labute approximate surface area is 114 Å². The Kier molecular flexibility index (Phi) is 5.76. The number of ether oxygens (including phenoxy) is 2. The molecule has 0 bridgehead atoms. The maximum atomic E-state index is 5.89. The molecule has 0 spiro atoms. The monoisotopic (exact) mass is 271 g/mol. The Morgan fingerprint density at radius 2 is 1.83 bits per heavy atom. The number of hydrogen-bond acceptors (Lipinski definition) is 3. The summed E-state index contributed by atoms with van der Waals surface area (Å²) in [4.78, 5) is 0. The molecule has 0 aliphatic carbocycles. The fraction of sp³-hybridized carbons (Fsp3) is 0.571. The van der Waals surface area contributed by atoms with E-state index in [0.29, 0.717) is 5.88 Å². The van der Waals surface area contributed by atoms with Gasteiger partial charge in [-0.1, -0.05) is 19.9 Å². The van der Waals surface area contributed by atoms with E-state index in [0.717, 1.165) is 30.2 Å². The molecule has 1 aromatic carbocycles. The number of hydrogen-bond donors (Lipinski definition) is 1. The zero-order valence-electron chi connectivity index (χ0n) is 11.5. The summed E-state index contributed by atoms with van der Waals surface area (Å²) in [6.45, 7) is 5.95. The highest BCUT2D eigenvalue weighted by molar-refractivity contribution is 6.18. The molecule has 102 valence electrons. The molecule has 4 heteroatoms. The average Bonchev–Trinajstić information content (AvgIpc) is 2.38. The summed E-state index contributed by atoms with van der Waals surface area (Å²) in [5, 5.41) is 3.40. The zero-order chi connectivity index (χ0) is 13.6. The topological polar surface area (TPSA) is 30.5 Å². The first kappa shape index (κ1) is 15.1. The van der Waals surface area contributed by atoms with Crippen molar-refractivity contribution in [1.29, 1.82) is 0 Å². The molecule has 0 aromatic heterocycles. The Morgan fingerprint density at radius 3 is 2.39 bits per heavy atom. The van der Waals surface area contributed by atoms with Gasteiger partial charge in [0.2, 0.25) is 0 Å². The van der Waals surface area contributed by atoms with E-state index in [1.807, 2.05) is 18.2 Å². The van der Waals surface area contributed by atoms with Crippen LogP contribution in [0.3, 0.4) is 0 Å². The SMILES string of the molecule is COc1ccc(CNCC(C)(C)CCl)cc1OC. The van der Waals surface area contributed by atoms with Gasteiger partial charge in [-0.3, -0.25) is 0 Å². The Hall–Kier alpha value is -0.930. The van der Waals surface area contributed by atoms with Gasteiger partial charge in [-0.25, -0.2) is 0 Å². The average molecular weight is 272 g/mol. The molecular formula is C14H22ClNO2. The van der Waals surface area contributed by atoms with E-state index < -0.39 is 0 Å². The van der Waals surface area contributed by atoms with E-state index in [2.05, 4.69) is 19.2 Å². The van der Waals surface area contributed by atoms with Crippen LogP contribution in [-0.4, -0.2) is 26.6 Å². The molecule has 0 saturated heterocycles. The second-order valence-electron chi connectivity index (χ2n) is 5.09. The second kappa shape index (κ2) is 6.86. The molecule has 0 amide bonds. The third kappa shape index (κ3) is 4.39. The van der Waals surface area contributed by atoms with Gasteiger partial charge in [0.15, 0.2) is 11.5 Å². The van der Waals surface area contributed by atoms with Crippen LogP contribution in [0.5, 0.6) is 11.5 Å². The molecule has 0 fully saturated rings. The van der Waals surface area contributed by atoms with Gasteiger partial charge in [-0.05, 0) is 23.1 Å². The quantitative estimate of drug-likeness (QED) is 0.773. The number of halogens is 1. The third-order valence-electron chi connectivity index (χ3n) is 2.74. The molecule has 0 radical (unpaired) electrons. The summed E-state index contributed by atoms with van der Waals surface area (Å²) >= 11 is 5.89. The van der Waals surface area contributed by atoms with Crippen molar-refractivity contribution in [2.75, 3.05) is 26.6 Å². The normalized spacial score (nSPS) is 11.4. The van der Waals surface area contributed by atoms with Crippen molar-refractivity contribution in [3.05, 3.63) is 23.8 Å². The summed E-state index contributed by atoms with van der Waals surface area (Å²) in [5.41, 5.74) is 1.27. The number of methoxy groups -OCH3 is 2. The van der Waals surface area contributed by atoms with Crippen LogP contribution in [0.25, 0.3) is 0 Å². The molecule has 18 heavy (non-hydrogen) atoms. The molecule has 1 N–H and O–H groups in total. The third-order valence-corrected chi connectivity index (χ3v) is 3.47. The van der Waals surface area contributed by atoms with Gasteiger partial charge in [0.1, 0.15) is 0 Å². The number of alkyl halides is 1. The Bertz CT molecular complexity index is 380. The highest BCUT2D eigenvalue weighted by Gasteiger charge is 2.15. The smallest absolute Gasteiger partial charge is 0.161 e. The molecule has 0 unspecified atom stereocenters. The fourth-order valence-corrected chi connectivity index (χ4v) is 1.68. The number of benzene rings is 1. The molecule has 0 saturated carbocycles. The van der Waals surface area contributed by atoms with Crippen LogP contribution >= 0.6 is 11.6 Å². The largest absolute Gasteiger partial charge is 0.493 e. The fourth-order valence-electron chi connectivity index (χ4n) is 1.58. The van der Waals surface area contributed by atoms with Crippen molar-refractivity contribution in [1.82, 2.24) is 5.32 Å². The standard InChI is InChI=1S/C14H22ClNO2/c1-14(2,9-15)10-16-8-11-5-6-12(17-3)13(7-11)18-4/h5-7,16H,8-10H2,1-4H3. The summed E-state index contributed by atoms with van der Waals surface area (Å²) in [5.74, 6) is 2.15. The van der Waals surface area contributed by atoms with Gasteiger partial charge >= 0.3 is 0 Å². The Balaban J connectivity index is 2.58. The van der Waals surface area contributed by atoms with Crippen molar-refractivity contribution in [2.45, 2.75) is 20.4 Å². The predicted octanol–water partition coefficient (Wildman–Crippen LogP) is 3.06. The molecule has 0 atom stereocenters. The van der Waals surface area contributed by atoms with Crippen molar-refractivity contribution in [3.63, 3.8) is 0 Å². The van der Waals surface area contributed by atoms with E-state index in [1.165, 1.54) is 0 Å². The summed E-state index contributed by atoms with van der Waals surface area (Å²) in [6.07, 6.45) is 0. The first-order valence-electron chi connectivity index (χ1n) is 6.00. The molecule has 0 heterocycles. The van der Waals surface area contributed by atoms with Crippen LogP contribution in [0.4, 0.5) is 0 Å². The van der Waals surface area contributed by atoms with E-state index in [-0.39, 0.29) is 5.41 Å². The zero-order valence-corrected chi connectivity index (χ0v) is 12.3. The van der Waals surface area contributed by atoms with Gasteiger partial charge in [0, 0.05) is 19.0 Å². The second-order valence-corrected chi connectivity index (χ2v) is 5.36. The Morgan fingerprint density at radius 1 is 1.17 bits per heavy atom. The molecule has 0 aliphatic heterocycles. The van der Waals surface area contributed by atoms with Crippen LogP contribution < -0.4 is 14.8 Å². The maximum Gasteiger partial charge on any atom is 0.161 e. The molecule has 1 rings (SSSR count). The van der Waals surface area contributed by atoms with E-state index in [9.17, 15) is 0 Å². The number of nitrogens with one attached hydrogen (secondary N) is 1. The van der Waals surface area contributed by atoms with Gasteiger partial charge in [-0.2, -0.15) is 0 Å². The molecule has 1 aromatic rings. The lowest BCUT2D eigenvalue weighted by atomic mass is 9.96. The lowest BCUT2D eigenvalue weighted by Gasteiger charge is -2.21. The maximum absolute atomic E-state index is 5.89. The van der Waals surface area contributed by atoms with E-state index in [1.54, 1.807) is 14.2 Å². The summed E-state index contributed by atoms with van der Waals surface area (Å²) in [6, 6.07) is 5.93. The molecule has 3 nitrogen and oxygen atoms in total. The molecule has 0 aliphatic rings.